The molecule has 104 valence electrons. The third kappa shape index (κ3) is 3.57. The normalized spacial score (nSPS) is 16.4. The van der Waals surface area contributed by atoms with E-state index < -0.39 is 0 Å². The van der Waals surface area contributed by atoms with Crippen LogP contribution in [0.5, 0.6) is 0 Å². The Morgan fingerprint density at radius 2 is 1.95 bits per heavy atom. The quantitative estimate of drug-likeness (QED) is 0.853. The first-order valence-corrected chi connectivity index (χ1v) is 7.19. The Balaban J connectivity index is 2.14. The molecule has 2 rings (SSSR count). The van der Waals surface area contributed by atoms with Gasteiger partial charge in [-0.05, 0) is 24.3 Å². The summed E-state index contributed by atoms with van der Waals surface area (Å²) in [5, 5.41) is 0. The number of rotatable bonds is 6. The largest absolute Gasteiger partial charge is 0.339 e. The Hall–Kier alpha value is -1.35. The van der Waals surface area contributed by atoms with E-state index in [1.165, 1.54) is 0 Å². The molecular weight excluding hydrogens is 236 g/mol. The molecule has 1 aliphatic carbocycles. The topological polar surface area (TPSA) is 46.3 Å². The van der Waals surface area contributed by atoms with Crippen LogP contribution in [0.25, 0.3) is 0 Å². The smallest absolute Gasteiger partial charge is 0.231 e. The Morgan fingerprint density at radius 3 is 2.42 bits per heavy atom. The average Bonchev–Trinajstić information content (AvgIpc) is 3.22. The molecule has 1 fully saturated rings. The highest BCUT2D eigenvalue weighted by Crippen LogP contribution is 2.30. The molecule has 0 spiro atoms. The van der Waals surface area contributed by atoms with Crippen molar-refractivity contribution in [3.63, 3.8) is 0 Å². The maximum Gasteiger partial charge on any atom is 0.231 e. The molecule has 2 N–H and O–H groups in total. The van der Waals surface area contributed by atoms with Crippen molar-refractivity contribution in [1.82, 2.24) is 4.90 Å². The minimum absolute atomic E-state index is 0.194. The van der Waals surface area contributed by atoms with Crippen LogP contribution in [0.2, 0.25) is 0 Å². The maximum atomic E-state index is 12.7. The van der Waals surface area contributed by atoms with Gasteiger partial charge in [0.1, 0.15) is 0 Å². The van der Waals surface area contributed by atoms with Gasteiger partial charge in [0.15, 0.2) is 0 Å². The molecule has 0 bridgehead atoms. The number of carbonyl (C=O) groups is 1. The summed E-state index contributed by atoms with van der Waals surface area (Å²) < 4.78 is 0. The minimum atomic E-state index is -0.194. The standard InChI is InChI=1S/C16H24N2O/c1-12(2)11-18(14-8-9-14)16(19)15(10-17)13-6-4-3-5-7-13/h3-7,12,14-15H,8-11,17H2,1-2H3. The summed E-state index contributed by atoms with van der Waals surface area (Å²) in [5.74, 6) is 0.504. The van der Waals surface area contributed by atoms with Gasteiger partial charge in [0.05, 0.1) is 5.92 Å². The number of amides is 1. The van der Waals surface area contributed by atoms with Gasteiger partial charge in [0.2, 0.25) is 5.91 Å². The highest BCUT2D eigenvalue weighted by Gasteiger charge is 2.35. The summed E-state index contributed by atoms with van der Waals surface area (Å²) in [7, 11) is 0. The van der Waals surface area contributed by atoms with Crippen LogP contribution in [0.4, 0.5) is 0 Å². The van der Waals surface area contributed by atoms with Gasteiger partial charge < -0.3 is 10.6 Å². The zero-order valence-corrected chi connectivity index (χ0v) is 11.9. The summed E-state index contributed by atoms with van der Waals surface area (Å²) in [6.07, 6.45) is 2.29. The van der Waals surface area contributed by atoms with Crippen LogP contribution in [0.1, 0.15) is 38.2 Å². The van der Waals surface area contributed by atoms with Gasteiger partial charge in [0, 0.05) is 19.1 Å². The second kappa shape index (κ2) is 6.20. The van der Waals surface area contributed by atoms with E-state index >= 15 is 0 Å². The predicted molar refractivity (Wildman–Crippen MR) is 77.8 cm³/mol. The lowest BCUT2D eigenvalue weighted by Gasteiger charge is -2.28. The minimum Gasteiger partial charge on any atom is -0.339 e. The van der Waals surface area contributed by atoms with Gasteiger partial charge in [-0.3, -0.25) is 4.79 Å². The van der Waals surface area contributed by atoms with E-state index in [2.05, 4.69) is 18.7 Å². The SMILES string of the molecule is CC(C)CN(C(=O)C(CN)c1ccccc1)C1CC1. The Labute approximate surface area is 115 Å². The molecule has 3 nitrogen and oxygen atoms in total. The van der Waals surface area contributed by atoms with Gasteiger partial charge in [0.25, 0.3) is 0 Å². The first kappa shape index (κ1) is 14.1. The van der Waals surface area contributed by atoms with Crippen molar-refractivity contribution in [1.29, 1.82) is 0 Å². The van der Waals surface area contributed by atoms with E-state index in [4.69, 9.17) is 5.73 Å². The van der Waals surface area contributed by atoms with Crippen LogP contribution >= 0.6 is 0 Å². The van der Waals surface area contributed by atoms with Gasteiger partial charge >= 0.3 is 0 Å². The van der Waals surface area contributed by atoms with Crippen LogP contribution in [0.3, 0.4) is 0 Å². The molecule has 0 saturated heterocycles. The lowest BCUT2D eigenvalue weighted by molar-refractivity contribution is -0.133. The molecule has 1 aromatic carbocycles. The summed E-state index contributed by atoms with van der Waals surface area (Å²) >= 11 is 0. The number of hydrogen-bond acceptors (Lipinski definition) is 2. The van der Waals surface area contributed by atoms with Crippen LogP contribution in [-0.4, -0.2) is 29.9 Å². The van der Waals surface area contributed by atoms with Crippen molar-refractivity contribution >= 4 is 5.91 Å². The molecule has 1 saturated carbocycles. The Morgan fingerprint density at radius 1 is 1.32 bits per heavy atom. The third-order valence-corrected chi connectivity index (χ3v) is 3.57. The van der Waals surface area contributed by atoms with Crippen molar-refractivity contribution in [3.05, 3.63) is 35.9 Å². The fourth-order valence-electron chi connectivity index (χ4n) is 2.46. The molecule has 0 heterocycles. The fourth-order valence-corrected chi connectivity index (χ4v) is 2.46. The molecule has 1 atom stereocenters. The van der Waals surface area contributed by atoms with E-state index in [1.807, 2.05) is 30.3 Å². The van der Waals surface area contributed by atoms with Crippen molar-refractivity contribution in [2.45, 2.75) is 38.6 Å². The number of nitrogens with zero attached hydrogens (tertiary/aromatic N) is 1. The van der Waals surface area contributed by atoms with E-state index in [0.717, 1.165) is 24.9 Å². The van der Waals surface area contributed by atoms with Crippen LogP contribution in [0.15, 0.2) is 30.3 Å². The summed E-state index contributed by atoms with van der Waals surface area (Å²) in [5.41, 5.74) is 6.88. The number of nitrogens with two attached hydrogens (primary N) is 1. The lowest BCUT2D eigenvalue weighted by Crippen LogP contribution is -2.41. The maximum absolute atomic E-state index is 12.7. The summed E-state index contributed by atoms with van der Waals surface area (Å²) in [6.45, 7) is 5.53. The molecule has 1 aromatic rings. The molecule has 1 aliphatic rings. The zero-order valence-electron chi connectivity index (χ0n) is 11.9. The van der Waals surface area contributed by atoms with E-state index in [0.29, 0.717) is 18.5 Å². The molecule has 0 radical (unpaired) electrons. The number of benzene rings is 1. The van der Waals surface area contributed by atoms with Crippen molar-refractivity contribution in [2.24, 2.45) is 11.7 Å². The molecular formula is C16H24N2O. The van der Waals surface area contributed by atoms with Crippen molar-refractivity contribution in [3.8, 4) is 0 Å². The monoisotopic (exact) mass is 260 g/mol. The predicted octanol–water partition coefficient (Wildman–Crippen LogP) is 2.38. The second-order valence-corrected chi connectivity index (χ2v) is 5.81. The van der Waals surface area contributed by atoms with Crippen LogP contribution in [-0.2, 0) is 4.79 Å². The highest BCUT2D eigenvalue weighted by molar-refractivity contribution is 5.84. The second-order valence-electron chi connectivity index (χ2n) is 5.81. The summed E-state index contributed by atoms with van der Waals surface area (Å²) in [4.78, 5) is 14.8. The van der Waals surface area contributed by atoms with E-state index in [-0.39, 0.29) is 11.8 Å². The van der Waals surface area contributed by atoms with Gasteiger partial charge in [-0.25, -0.2) is 0 Å². The summed E-state index contributed by atoms with van der Waals surface area (Å²) in [6, 6.07) is 10.3. The lowest BCUT2D eigenvalue weighted by atomic mass is 9.97. The first-order chi connectivity index (χ1) is 9.13. The van der Waals surface area contributed by atoms with E-state index in [9.17, 15) is 4.79 Å². The van der Waals surface area contributed by atoms with Crippen LogP contribution < -0.4 is 5.73 Å². The molecule has 0 aromatic heterocycles. The third-order valence-electron chi connectivity index (χ3n) is 3.57. The first-order valence-electron chi connectivity index (χ1n) is 7.19. The average molecular weight is 260 g/mol. The van der Waals surface area contributed by atoms with E-state index in [1.54, 1.807) is 0 Å². The van der Waals surface area contributed by atoms with Gasteiger partial charge in [-0.1, -0.05) is 44.2 Å². The van der Waals surface area contributed by atoms with Crippen molar-refractivity contribution in [2.75, 3.05) is 13.1 Å². The van der Waals surface area contributed by atoms with Crippen molar-refractivity contribution < 1.29 is 4.79 Å². The highest BCUT2D eigenvalue weighted by atomic mass is 16.2. The Bertz CT molecular complexity index is 412. The molecule has 1 amide bonds. The van der Waals surface area contributed by atoms with Crippen LogP contribution in [0, 0.1) is 5.92 Å². The van der Waals surface area contributed by atoms with Gasteiger partial charge in [-0.2, -0.15) is 0 Å². The fraction of sp³-hybridized carbons (Fsp3) is 0.562. The number of carbonyl (C=O) groups excluding carboxylic acids is 1. The number of hydrogen-bond donors (Lipinski definition) is 1. The molecule has 19 heavy (non-hydrogen) atoms. The molecule has 1 unspecified atom stereocenters. The van der Waals surface area contributed by atoms with Gasteiger partial charge in [-0.15, -0.1) is 0 Å². The Kier molecular flexibility index (Phi) is 4.59. The molecule has 3 heteroatoms. The zero-order chi connectivity index (χ0) is 13.8. The molecule has 0 aliphatic heterocycles.